The minimum atomic E-state index is 0.956. The van der Waals surface area contributed by atoms with Crippen LogP contribution in [0.3, 0.4) is 0 Å². The van der Waals surface area contributed by atoms with Crippen LogP contribution in [0.15, 0.2) is 66.0 Å². The second-order valence-electron chi connectivity index (χ2n) is 3.73. The average molecular weight is 221 g/mol. The Hall–Kier alpha value is -2.42. The average Bonchev–Trinajstić information content (AvgIpc) is 2.81. The Morgan fingerprint density at radius 1 is 0.941 bits per heavy atom. The van der Waals surface area contributed by atoms with Crippen LogP contribution in [0.4, 0.5) is 0 Å². The Balaban J connectivity index is 1.98. The number of para-hydroxylation sites is 2. The van der Waals surface area contributed by atoms with E-state index in [1.807, 2.05) is 60.8 Å². The second-order valence-corrected chi connectivity index (χ2v) is 3.73. The van der Waals surface area contributed by atoms with Crippen LogP contribution in [-0.2, 0) is 0 Å². The van der Waals surface area contributed by atoms with Gasteiger partial charge in [-0.15, -0.1) is 0 Å². The Kier molecular flexibility index (Phi) is 2.43. The van der Waals surface area contributed by atoms with Crippen molar-refractivity contribution >= 4 is 17.2 Å². The Bertz CT molecular complexity index is 653. The number of benzene rings is 2. The largest absolute Gasteiger partial charge is 0.235 e. The molecule has 0 aliphatic carbocycles. The van der Waals surface area contributed by atoms with Crippen LogP contribution in [0.5, 0.6) is 0 Å². The summed E-state index contributed by atoms with van der Waals surface area (Å²) < 4.78 is 1.78. The molecule has 1 heterocycles. The lowest BCUT2D eigenvalue weighted by molar-refractivity contribution is 0.914. The highest BCUT2D eigenvalue weighted by atomic mass is 15.4. The fourth-order valence-corrected chi connectivity index (χ4v) is 1.71. The first kappa shape index (κ1) is 9.78. The summed E-state index contributed by atoms with van der Waals surface area (Å²) in [5, 5.41) is 4.39. The van der Waals surface area contributed by atoms with Crippen LogP contribution in [0.25, 0.3) is 11.0 Å². The topological polar surface area (TPSA) is 30.2 Å². The van der Waals surface area contributed by atoms with E-state index >= 15 is 0 Å². The van der Waals surface area contributed by atoms with Gasteiger partial charge >= 0.3 is 0 Å². The van der Waals surface area contributed by atoms with E-state index < -0.39 is 0 Å². The Morgan fingerprint density at radius 2 is 1.71 bits per heavy atom. The molecule has 0 unspecified atom stereocenters. The van der Waals surface area contributed by atoms with E-state index in [0.717, 1.165) is 16.6 Å². The summed E-state index contributed by atoms with van der Waals surface area (Å²) in [7, 11) is 0. The summed E-state index contributed by atoms with van der Waals surface area (Å²) in [6.07, 6.45) is 3.55. The molecule has 17 heavy (non-hydrogen) atoms. The molecule has 3 heteroatoms. The number of aromatic nitrogens is 2. The number of hydrogen-bond acceptors (Lipinski definition) is 2. The molecule has 0 aliphatic rings. The van der Waals surface area contributed by atoms with Gasteiger partial charge in [-0.2, -0.15) is 5.10 Å². The normalized spacial score (nSPS) is 11.3. The zero-order valence-corrected chi connectivity index (χ0v) is 9.19. The summed E-state index contributed by atoms with van der Waals surface area (Å²) >= 11 is 0. The maximum absolute atomic E-state index is 4.39. The van der Waals surface area contributed by atoms with E-state index in [1.54, 1.807) is 11.0 Å². The smallest absolute Gasteiger partial charge is 0.118 e. The van der Waals surface area contributed by atoms with Gasteiger partial charge in [0.1, 0.15) is 6.33 Å². The van der Waals surface area contributed by atoms with Gasteiger partial charge in [0, 0.05) is 0 Å². The van der Waals surface area contributed by atoms with Gasteiger partial charge < -0.3 is 0 Å². The number of fused-ring (bicyclic) bond motifs is 1. The van der Waals surface area contributed by atoms with Crippen LogP contribution in [0.2, 0.25) is 0 Å². The fourth-order valence-electron chi connectivity index (χ4n) is 1.71. The molecular formula is C14H11N3. The maximum Gasteiger partial charge on any atom is 0.118 e. The molecule has 2 aromatic carbocycles. The van der Waals surface area contributed by atoms with Crippen LogP contribution in [0, 0.1) is 0 Å². The predicted octanol–water partition coefficient (Wildman–Crippen LogP) is 2.92. The Labute approximate surface area is 99.0 Å². The zero-order valence-electron chi connectivity index (χ0n) is 9.19. The van der Waals surface area contributed by atoms with E-state index in [1.165, 1.54) is 0 Å². The summed E-state index contributed by atoms with van der Waals surface area (Å²) in [4.78, 5) is 4.28. The standard InChI is InChI=1S/C14H11N3/c1-2-6-12(7-3-1)10-16-17-11-15-13-8-4-5-9-14(13)17/h1-11H/b16-10-. The molecule has 1 aromatic heterocycles. The highest BCUT2D eigenvalue weighted by Crippen LogP contribution is 2.11. The molecule has 0 bridgehead atoms. The van der Waals surface area contributed by atoms with Gasteiger partial charge in [-0.25, -0.2) is 9.66 Å². The molecular weight excluding hydrogens is 210 g/mol. The molecule has 0 N–H and O–H groups in total. The molecule has 3 nitrogen and oxygen atoms in total. The minimum Gasteiger partial charge on any atom is -0.235 e. The van der Waals surface area contributed by atoms with Crippen molar-refractivity contribution in [2.45, 2.75) is 0 Å². The van der Waals surface area contributed by atoms with Crippen LogP contribution in [0.1, 0.15) is 5.56 Å². The third-order valence-electron chi connectivity index (χ3n) is 2.57. The lowest BCUT2D eigenvalue weighted by Gasteiger charge is -1.95. The molecule has 3 rings (SSSR count). The van der Waals surface area contributed by atoms with Crippen molar-refractivity contribution < 1.29 is 0 Å². The predicted molar refractivity (Wildman–Crippen MR) is 69.2 cm³/mol. The quantitative estimate of drug-likeness (QED) is 0.612. The van der Waals surface area contributed by atoms with Crippen molar-refractivity contribution in [2.24, 2.45) is 5.10 Å². The van der Waals surface area contributed by atoms with E-state index in [0.29, 0.717) is 0 Å². The van der Waals surface area contributed by atoms with Gasteiger partial charge in [-0.1, -0.05) is 42.5 Å². The molecule has 3 aromatic rings. The number of imidazole rings is 1. The van der Waals surface area contributed by atoms with Gasteiger partial charge in [0.25, 0.3) is 0 Å². The van der Waals surface area contributed by atoms with Crippen molar-refractivity contribution in [1.29, 1.82) is 0 Å². The highest BCUT2D eigenvalue weighted by molar-refractivity contribution is 5.81. The van der Waals surface area contributed by atoms with E-state index in [9.17, 15) is 0 Å². The van der Waals surface area contributed by atoms with Crippen LogP contribution in [-0.4, -0.2) is 15.9 Å². The SMILES string of the molecule is C(=N/n1cnc2ccccc21)/c1ccccc1. The molecule has 0 radical (unpaired) electrons. The first-order valence-corrected chi connectivity index (χ1v) is 5.45. The van der Waals surface area contributed by atoms with Gasteiger partial charge in [-0.05, 0) is 17.7 Å². The third kappa shape index (κ3) is 1.95. The van der Waals surface area contributed by atoms with Crippen LogP contribution >= 0.6 is 0 Å². The molecule has 0 aliphatic heterocycles. The molecule has 0 saturated heterocycles. The van der Waals surface area contributed by atoms with Crippen molar-refractivity contribution in [2.75, 3.05) is 0 Å². The van der Waals surface area contributed by atoms with E-state index in [4.69, 9.17) is 0 Å². The summed E-state index contributed by atoms with van der Waals surface area (Å²) in [5.41, 5.74) is 3.04. The highest BCUT2D eigenvalue weighted by Gasteiger charge is 1.98. The van der Waals surface area contributed by atoms with Crippen molar-refractivity contribution in [3.05, 3.63) is 66.5 Å². The molecule has 0 fully saturated rings. The van der Waals surface area contributed by atoms with E-state index in [2.05, 4.69) is 10.1 Å². The third-order valence-corrected chi connectivity index (χ3v) is 2.57. The van der Waals surface area contributed by atoms with Gasteiger partial charge in [0.05, 0.1) is 17.2 Å². The molecule has 0 saturated carbocycles. The van der Waals surface area contributed by atoms with Gasteiger partial charge in [-0.3, -0.25) is 0 Å². The van der Waals surface area contributed by atoms with Crippen LogP contribution < -0.4 is 0 Å². The molecule has 0 atom stereocenters. The first-order valence-electron chi connectivity index (χ1n) is 5.45. The minimum absolute atomic E-state index is 0.956. The lowest BCUT2D eigenvalue weighted by atomic mass is 10.2. The van der Waals surface area contributed by atoms with Gasteiger partial charge in [0.2, 0.25) is 0 Å². The van der Waals surface area contributed by atoms with E-state index in [-0.39, 0.29) is 0 Å². The number of nitrogens with zero attached hydrogens (tertiary/aromatic N) is 3. The molecule has 0 amide bonds. The monoisotopic (exact) mass is 221 g/mol. The zero-order chi connectivity index (χ0) is 11.5. The Morgan fingerprint density at radius 3 is 2.59 bits per heavy atom. The van der Waals surface area contributed by atoms with Crippen molar-refractivity contribution in [3.8, 4) is 0 Å². The summed E-state index contributed by atoms with van der Waals surface area (Å²) in [5.74, 6) is 0. The number of rotatable bonds is 2. The first-order chi connectivity index (χ1) is 8.43. The maximum atomic E-state index is 4.39. The molecule has 0 spiro atoms. The van der Waals surface area contributed by atoms with Crippen molar-refractivity contribution in [3.63, 3.8) is 0 Å². The molecule has 82 valence electrons. The summed E-state index contributed by atoms with van der Waals surface area (Å²) in [6, 6.07) is 17.9. The lowest BCUT2D eigenvalue weighted by Crippen LogP contribution is -1.88. The second kappa shape index (κ2) is 4.22. The fraction of sp³-hybridized carbons (Fsp3) is 0. The van der Waals surface area contributed by atoms with Gasteiger partial charge in [0.15, 0.2) is 0 Å². The van der Waals surface area contributed by atoms with Crippen molar-refractivity contribution in [1.82, 2.24) is 9.66 Å². The summed E-state index contributed by atoms with van der Waals surface area (Å²) in [6.45, 7) is 0. The number of hydrogen-bond donors (Lipinski definition) is 0.